The van der Waals surface area contributed by atoms with Crippen LogP contribution in [0.3, 0.4) is 0 Å². The quantitative estimate of drug-likeness (QED) is 0.755. The Bertz CT molecular complexity index is 805. The maximum Gasteiger partial charge on any atom is 0.265 e. The van der Waals surface area contributed by atoms with Crippen LogP contribution in [0.25, 0.3) is 10.6 Å². The van der Waals surface area contributed by atoms with Gasteiger partial charge >= 0.3 is 0 Å². The molecular weight excluding hydrogens is 361 g/mol. The lowest BCUT2D eigenvalue weighted by atomic mass is 10.1. The molecule has 0 atom stereocenters. The van der Waals surface area contributed by atoms with Crippen molar-refractivity contribution in [2.75, 3.05) is 32.7 Å². The molecule has 0 unspecified atom stereocenters. The largest absolute Gasteiger partial charge is 0.337 e. The molecule has 2 aromatic rings. The first-order valence-electron chi connectivity index (χ1n) is 9.75. The lowest BCUT2D eigenvalue weighted by Gasteiger charge is -2.21. The van der Waals surface area contributed by atoms with Gasteiger partial charge in [0.1, 0.15) is 15.7 Å². The van der Waals surface area contributed by atoms with E-state index in [1.54, 1.807) is 6.07 Å². The molecule has 0 aliphatic carbocycles. The minimum Gasteiger partial charge on any atom is -0.337 e. The molecule has 1 aliphatic heterocycles. The average molecular weight is 390 g/mol. The van der Waals surface area contributed by atoms with Crippen LogP contribution in [0.2, 0.25) is 0 Å². The first-order chi connectivity index (χ1) is 13.0. The number of aromatic nitrogens is 1. The van der Waals surface area contributed by atoms with Gasteiger partial charge in [0.15, 0.2) is 0 Å². The number of halogens is 1. The van der Waals surface area contributed by atoms with Crippen molar-refractivity contribution >= 4 is 17.2 Å². The number of amides is 1. The smallest absolute Gasteiger partial charge is 0.265 e. The number of rotatable bonds is 5. The van der Waals surface area contributed by atoms with Crippen LogP contribution in [-0.2, 0) is 0 Å². The summed E-state index contributed by atoms with van der Waals surface area (Å²) in [5.74, 6) is -0.223. The van der Waals surface area contributed by atoms with E-state index in [0.29, 0.717) is 9.88 Å². The third-order valence-electron chi connectivity index (χ3n) is 5.12. The van der Waals surface area contributed by atoms with Crippen LogP contribution in [0.4, 0.5) is 4.39 Å². The highest BCUT2D eigenvalue weighted by Gasteiger charge is 2.24. The van der Waals surface area contributed by atoms with Gasteiger partial charge in [-0.25, -0.2) is 9.37 Å². The summed E-state index contributed by atoms with van der Waals surface area (Å²) >= 11 is 1.38. The van der Waals surface area contributed by atoms with E-state index in [-0.39, 0.29) is 11.7 Å². The maximum absolute atomic E-state index is 13.7. The number of hydrogen-bond donors (Lipinski definition) is 0. The standard InChI is InChI=1S/C21H28FN3OS/c1-4-5-9-24-10-6-11-25(13-12-24)21(26)19-16(3)23-20(27-19)18-14-17(22)8-7-15(18)2/h7-8,14H,4-6,9-13H2,1-3H3. The Kier molecular flexibility index (Phi) is 6.60. The minimum absolute atomic E-state index is 0.0580. The topological polar surface area (TPSA) is 36.4 Å². The average Bonchev–Trinajstić information content (AvgIpc) is 2.88. The third kappa shape index (κ3) is 4.74. The van der Waals surface area contributed by atoms with E-state index in [0.717, 1.165) is 56.0 Å². The fraction of sp³-hybridized carbons (Fsp3) is 0.524. The minimum atomic E-state index is -0.281. The van der Waals surface area contributed by atoms with Crippen LogP contribution in [-0.4, -0.2) is 53.4 Å². The normalized spacial score (nSPS) is 15.8. The van der Waals surface area contributed by atoms with E-state index < -0.39 is 0 Å². The molecule has 3 rings (SSSR count). The van der Waals surface area contributed by atoms with Crippen LogP contribution in [0.15, 0.2) is 18.2 Å². The highest BCUT2D eigenvalue weighted by molar-refractivity contribution is 7.17. The first-order valence-corrected chi connectivity index (χ1v) is 10.6. The van der Waals surface area contributed by atoms with Gasteiger partial charge in [0.05, 0.1) is 5.69 Å². The second kappa shape index (κ2) is 8.93. The van der Waals surface area contributed by atoms with E-state index in [1.807, 2.05) is 18.7 Å². The number of hydrogen-bond acceptors (Lipinski definition) is 4. The van der Waals surface area contributed by atoms with Crippen LogP contribution >= 0.6 is 11.3 Å². The molecule has 1 aromatic carbocycles. The number of thiazole rings is 1. The van der Waals surface area contributed by atoms with Gasteiger partial charge in [-0.2, -0.15) is 0 Å². The predicted octanol–water partition coefficient (Wildman–Crippen LogP) is 4.51. The lowest BCUT2D eigenvalue weighted by molar-refractivity contribution is 0.0765. The maximum atomic E-state index is 13.7. The molecule has 0 radical (unpaired) electrons. The lowest BCUT2D eigenvalue weighted by Crippen LogP contribution is -2.35. The number of aryl methyl sites for hydroxylation is 2. The zero-order valence-corrected chi connectivity index (χ0v) is 17.2. The van der Waals surface area contributed by atoms with Gasteiger partial charge < -0.3 is 9.80 Å². The van der Waals surface area contributed by atoms with E-state index >= 15 is 0 Å². The molecule has 146 valence electrons. The number of carbonyl (C=O) groups excluding carboxylic acids is 1. The third-order valence-corrected chi connectivity index (χ3v) is 6.30. The van der Waals surface area contributed by atoms with Gasteiger partial charge in [-0.3, -0.25) is 4.79 Å². The first kappa shape index (κ1) is 20.0. The van der Waals surface area contributed by atoms with E-state index in [4.69, 9.17) is 0 Å². The fourth-order valence-corrected chi connectivity index (χ4v) is 4.57. The van der Waals surface area contributed by atoms with Gasteiger partial charge in [-0.1, -0.05) is 19.4 Å². The van der Waals surface area contributed by atoms with Gasteiger partial charge in [0, 0.05) is 25.2 Å². The molecule has 0 N–H and O–H groups in total. The summed E-state index contributed by atoms with van der Waals surface area (Å²) in [7, 11) is 0. The van der Waals surface area contributed by atoms with Crippen LogP contribution in [0, 0.1) is 19.7 Å². The SMILES string of the molecule is CCCCN1CCCN(C(=O)c2sc(-c3cc(F)ccc3C)nc2C)CC1. The zero-order valence-electron chi connectivity index (χ0n) is 16.4. The Morgan fingerprint density at radius 1 is 1.22 bits per heavy atom. The van der Waals surface area contributed by atoms with E-state index in [2.05, 4.69) is 16.8 Å². The summed E-state index contributed by atoms with van der Waals surface area (Å²) in [5.41, 5.74) is 2.46. The molecule has 0 saturated carbocycles. The molecule has 0 spiro atoms. The van der Waals surface area contributed by atoms with Gasteiger partial charge in [0.2, 0.25) is 0 Å². The number of carbonyl (C=O) groups is 1. The fourth-order valence-electron chi connectivity index (χ4n) is 3.46. The Morgan fingerprint density at radius 2 is 2.04 bits per heavy atom. The van der Waals surface area contributed by atoms with Gasteiger partial charge in [-0.05, 0) is 57.5 Å². The van der Waals surface area contributed by atoms with Crippen molar-refractivity contribution in [1.82, 2.24) is 14.8 Å². The Morgan fingerprint density at radius 3 is 2.81 bits per heavy atom. The molecule has 1 fully saturated rings. The summed E-state index contributed by atoms with van der Waals surface area (Å²) < 4.78 is 13.7. The Hall–Kier alpha value is -1.79. The Balaban J connectivity index is 1.76. The summed E-state index contributed by atoms with van der Waals surface area (Å²) in [6, 6.07) is 4.70. The number of nitrogens with zero attached hydrogens (tertiary/aromatic N) is 3. The summed E-state index contributed by atoms with van der Waals surface area (Å²) in [5, 5.41) is 0.715. The molecule has 1 saturated heterocycles. The van der Waals surface area contributed by atoms with Gasteiger partial charge in [-0.15, -0.1) is 11.3 Å². The van der Waals surface area contributed by atoms with Crippen LogP contribution in [0.5, 0.6) is 0 Å². The molecule has 2 heterocycles. The van der Waals surface area contributed by atoms with E-state index in [9.17, 15) is 9.18 Å². The van der Waals surface area contributed by atoms with Crippen molar-refractivity contribution < 1.29 is 9.18 Å². The summed E-state index contributed by atoms with van der Waals surface area (Å²) in [6.45, 7) is 10.7. The molecule has 27 heavy (non-hydrogen) atoms. The molecule has 1 amide bonds. The van der Waals surface area contributed by atoms with Crippen molar-refractivity contribution in [2.24, 2.45) is 0 Å². The van der Waals surface area contributed by atoms with Crippen LogP contribution < -0.4 is 0 Å². The number of unbranched alkanes of at least 4 members (excludes halogenated alkanes) is 1. The zero-order chi connectivity index (χ0) is 19.4. The number of benzene rings is 1. The summed E-state index contributed by atoms with van der Waals surface area (Å²) in [6.07, 6.45) is 3.41. The molecule has 1 aromatic heterocycles. The van der Waals surface area contributed by atoms with Crippen molar-refractivity contribution in [1.29, 1.82) is 0 Å². The second-order valence-corrected chi connectivity index (χ2v) is 8.23. The highest BCUT2D eigenvalue weighted by Crippen LogP contribution is 2.31. The van der Waals surface area contributed by atoms with Crippen molar-refractivity contribution in [3.8, 4) is 10.6 Å². The molecule has 0 bridgehead atoms. The van der Waals surface area contributed by atoms with Crippen LogP contribution in [0.1, 0.15) is 47.1 Å². The van der Waals surface area contributed by atoms with Crippen molar-refractivity contribution in [3.63, 3.8) is 0 Å². The Labute approximate surface area is 165 Å². The van der Waals surface area contributed by atoms with E-state index in [1.165, 1.54) is 36.3 Å². The van der Waals surface area contributed by atoms with Crippen molar-refractivity contribution in [3.05, 3.63) is 40.2 Å². The second-order valence-electron chi connectivity index (χ2n) is 7.23. The summed E-state index contributed by atoms with van der Waals surface area (Å²) in [4.78, 5) is 22.8. The molecule has 6 heteroatoms. The monoisotopic (exact) mass is 389 g/mol. The predicted molar refractivity (Wildman–Crippen MR) is 109 cm³/mol. The van der Waals surface area contributed by atoms with Crippen molar-refractivity contribution in [2.45, 2.75) is 40.0 Å². The van der Waals surface area contributed by atoms with Gasteiger partial charge in [0.25, 0.3) is 5.91 Å². The molecule has 4 nitrogen and oxygen atoms in total. The highest BCUT2D eigenvalue weighted by atomic mass is 32.1. The molecule has 1 aliphatic rings. The molecular formula is C21H28FN3OS.